The van der Waals surface area contributed by atoms with E-state index in [1.165, 1.54) is 17.5 Å². The van der Waals surface area contributed by atoms with E-state index in [0.717, 1.165) is 43.9 Å². The van der Waals surface area contributed by atoms with Crippen molar-refractivity contribution < 1.29 is 14.2 Å². The van der Waals surface area contributed by atoms with Crippen LogP contribution in [0.2, 0.25) is 0 Å². The molecular weight excluding hydrogens is 290 g/mol. The van der Waals surface area contributed by atoms with Crippen molar-refractivity contribution in [3.8, 4) is 11.5 Å². The lowest BCUT2D eigenvalue weighted by Gasteiger charge is -2.48. The number of hydrogen-bond acceptors (Lipinski definition) is 4. The highest BCUT2D eigenvalue weighted by molar-refractivity contribution is 5.55. The number of ether oxygens (including phenoxy) is 3. The zero-order valence-electron chi connectivity index (χ0n) is 14.2. The molecule has 1 aromatic carbocycles. The lowest BCUT2D eigenvalue weighted by Crippen LogP contribution is -2.50. The standard InChI is InChI=1S/C19H25NO3/c1-21-15-5-4-14-7-9-20-8-6-13-10-17(22-2)18(23-3)11-16(13)19(14,20)12-15/h4,10-11,15H,5-9,12H2,1-3H3/t15-,19-/m0/s1. The van der Waals surface area contributed by atoms with Crippen LogP contribution in [0.15, 0.2) is 23.8 Å². The number of rotatable bonds is 3. The summed E-state index contributed by atoms with van der Waals surface area (Å²) in [7, 11) is 5.25. The fourth-order valence-corrected chi connectivity index (χ4v) is 4.78. The molecule has 124 valence electrons. The Morgan fingerprint density at radius 2 is 1.78 bits per heavy atom. The van der Waals surface area contributed by atoms with Gasteiger partial charge in [-0.25, -0.2) is 0 Å². The third-order valence-electron chi connectivity index (χ3n) is 5.91. The first-order valence-electron chi connectivity index (χ1n) is 8.45. The normalized spacial score (nSPS) is 29.3. The van der Waals surface area contributed by atoms with Crippen molar-refractivity contribution >= 4 is 0 Å². The maximum absolute atomic E-state index is 5.73. The molecule has 2 atom stereocenters. The minimum absolute atomic E-state index is 0.00601. The van der Waals surface area contributed by atoms with Crippen LogP contribution in [0.1, 0.15) is 30.4 Å². The summed E-state index contributed by atoms with van der Waals surface area (Å²) in [5.41, 5.74) is 4.36. The summed E-state index contributed by atoms with van der Waals surface area (Å²) < 4.78 is 16.8. The van der Waals surface area contributed by atoms with Gasteiger partial charge in [0.2, 0.25) is 0 Å². The smallest absolute Gasteiger partial charge is 0.161 e. The van der Waals surface area contributed by atoms with Gasteiger partial charge in [-0.2, -0.15) is 0 Å². The maximum atomic E-state index is 5.73. The van der Waals surface area contributed by atoms with Crippen LogP contribution in [-0.2, 0) is 16.7 Å². The van der Waals surface area contributed by atoms with Gasteiger partial charge >= 0.3 is 0 Å². The zero-order chi connectivity index (χ0) is 16.0. The number of methoxy groups -OCH3 is 3. The number of fused-ring (bicyclic) bond motifs is 1. The van der Waals surface area contributed by atoms with Gasteiger partial charge in [-0.15, -0.1) is 0 Å². The van der Waals surface area contributed by atoms with E-state index in [1.807, 2.05) is 7.11 Å². The van der Waals surface area contributed by atoms with Crippen molar-refractivity contribution in [1.82, 2.24) is 4.90 Å². The molecule has 0 saturated carbocycles. The van der Waals surface area contributed by atoms with Gasteiger partial charge < -0.3 is 14.2 Å². The van der Waals surface area contributed by atoms with Crippen LogP contribution < -0.4 is 9.47 Å². The van der Waals surface area contributed by atoms with Gasteiger partial charge in [0.25, 0.3) is 0 Å². The predicted molar refractivity (Wildman–Crippen MR) is 89.2 cm³/mol. The molecule has 4 heteroatoms. The van der Waals surface area contributed by atoms with Gasteiger partial charge in [0.05, 0.1) is 25.9 Å². The van der Waals surface area contributed by atoms with Gasteiger partial charge in [0.1, 0.15) is 0 Å². The van der Waals surface area contributed by atoms with Crippen molar-refractivity contribution in [3.05, 3.63) is 34.9 Å². The van der Waals surface area contributed by atoms with Crippen molar-refractivity contribution in [1.29, 1.82) is 0 Å². The molecule has 2 aliphatic heterocycles. The third-order valence-corrected chi connectivity index (χ3v) is 5.91. The van der Waals surface area contributed by atoms with Gasteiger partial charge in [0.15, 0.2) is 11.5 Å². The minimum Gasteiger partial charge on any atom is -0.493 e. The first kappa shape index (κ1) is 15.0. The van der Waals surface area contributed by atoms with E-state index in [4.69, 9.17) is 14.2 Å². The van der Waals surface area contributed by atoms with Crippen molar-refractivity contribution in [2.75, 3.05) is 34.4 Å². The molecule has 1 spiro atoms. The maximum Gasteiger partial charge on any atom is 0.161 e. The van der Waals surface area contributed by atoms with Gasteiger partial charge in [-0.05, 0) is 48.1 Å². The van der Waals surface area contributed by atoms with E-state index in [-0.39, 0.29) is 5.54 Å². The topological polar surface area (TPSA) is 30.9 Å². The molecule has 0 radical (unpaired) electrons. The second-order valence-corrected chi connectivity index (χ2v) is 6.74. The molecule has 0 unspecified atom stereocenters. The largest absolute Gasteiger partial charge is 0.493 e. The van der Waals surface area contributed by atoms with Gasteiger partial charge in [-0.1, -0.05) is 6.08 Å². The highest BCUT2D eigenvalue weighted by Crippen LogP contribution is 2.54. The highest BCUT2D eigenvalue weighted by Gasteiger charge is 2.51. The fourth-order valence-electron chi connectivity index (χ4n) is 4.78. The second-order valence-electron chi connectivity index (χ2n) is 6.74. The van der Waals surface area contributed by atoms with Crippen molar-refractivity contribution in [3.63, 3.8) is 0 Å². The van der Waals surface area contributed by atoms with E-state index in [1.54, 1.807) is 19.8 Å². The van der Waals surface area contributed by atoms with Crippen LogP contribution in [0.3, 0.4) is 0 Å². The van der Waals surface area contributed by atoms with E-state index in [0.29, 0.717) is 6.10 Å². The van der Waals surface area contributed by atoms with Crippen LogP contribution in [0.5, 0.6) is 11.5 Å². The predicted octanol–water partition coefficient (Wildman–Crippen LogP) is 2.90. The molecule has 4 rings (SSSR count). The van der Waals surface area contributed by atoms with Crippen LogP contribution in [0.4, 0.5) is 0 Å². The molecule has 4 nitrogen and oxygen atoms in total. The lowest BCUT2D eigenvalue weighted by atomic mass is 9.71. The lowest BCUT2D eigenvalue weighted by molar-refractivity contribution is 0.0290. The Labute approximate surface area is 138 Å². The Balaban J connectivity index is 1.90. The van der Waals surface area contributed by atoms with Crippen LogP contribution in [0, 0.1) is 0 Å². The summed E-state index contributed by atoms with van der Waals surface area (Å²) >= 11 is 0. The molecule has 0 amide bonds. The summed E-state index contributed by atoms with van der Waals surface area (Å²) in [6, 6.07) is 4.38. The summed E-state index contributed by atoms with van der Waals surface area (Å²) in [6.45, 7) is 2.26. The highest BCUT2D eigenvalue weighted by atomic mass is 16.5. The Hall–Kier alpha value is -1.52. The molecule has 1 fully saturated rings. The molecule has 0 aromatic heterocycles. The molecule has 0 bridgehead atoms. The molecule has 1 saturated heterocycles. The van der Waals surface area contributed by atoms with E-state index in [2.05, 4.69) is 23.1 Å². The Morgan fingerprint density at radius 3 is 2.52 bits per heavy atom. The molecule has 2 heterocycles. The summed E-state index contributed by atoms with van der Waals surface area (Å²) in [4.78, 5) is 2.65. The zero-order valence-corrected chi connectivity index (χ0v) is 14.2. The van der Waals surface area contributed by atoms with Crippen LogP contribution in [0.25, 0.3) is 0 Å². The van der Waals surface area contributed by atoms with Gasteiger partial charge in [0, 0.05) is 26.6 Å². The van der Waals surface area contributed by atoms with E-state index in [9.17, 15) is 0 Å². The quantitative estimate of drug-likeness (QED) is 0.803. The molecule has 1 aliphatic carbocycles. The Bertz CT molecular complexity index is 654. The average molecular weight is 315 g/mol. The fraction of sp³-hybridized carbons (Fsp3) is 0.579. The Morgan fingerprint density at radius 1 is 1.04 bits per heavy atom. The van der Waals surface area contributed by atoms with Gasteiger partial charge in [-0.3, -0.25) is 4.90 Å². The Kier molecular flexibility index (Phi) is 3.62. The first-order chi connectivity index (χ1) is 11.2. The minimum atomic E-state index is 0.00601. The molecular formula is C19H25NO3. The SMILES string of the molecule is COc1cc2c(cc1OC)[C@]13C[C@@H](OC)CC=C1CCN3CC2. The monoisotopic (exact) mass is 315 g/mol. The number of benzene rings is 1. The second kappa shape index (κ2) is 5.53. The molecule has 1 aromatic rings. The molecule has 0 N–H and O–H groups in total. The summed E-state index contributed by atoms with van der Waals surface area (Å²) in [5, 5.41) is 0. The summed E-state index contributed by atoms with van der Waals surface area (Å²) in [6.07, 6.45) is 7.02. The third kappa shape index (κ3) is 2.05. The summed E-state index contributed by atoms with van der Waals surface area (Å²) in [5.74, 6) is 1.66. The number of nitrogens with zero attached hydrogens (tertiary/aromatic N) is 1. The van der Waals surface area contributed by atoms with Crippen LogP contribution in [-0.4, -0.2) is 45.4 Å². The average Bonchev–Trinajstić information content (AvgIpc) is 2.99. The van der Waals surface area contributed by atoms with Crippen LogP contribution >= 0.6 is 0 Å². The van der Waals surface area contributed by atoms with E-state index < -0.39 is 0 Å². The first-order valence-corrected chi connectivity index (χ1v) is 8.45. The molecule has 23 heavy (non-hydrogen) atoms. The van der Waals surface area contributed by atoms with Crippen molar-refractivity contribution in [2.45, 2.75) is 37.3 Å². The molecule has 3 aliphatic rings. The van der Waals surface area contributed by atoms with Crippen molar-refractivity contribution in [2.24, 2.45) is 0 Å². The van der Waals surface area contributed by atoms with E-state index >= 15 is 0 Å². The number of hydrogen-bond donors (Lipinski definition) is 0.